The van der Waals surface area contributed by atoms with E-state index in [4.69, 9.17) is 10.5 Å². The monoisotopic (exact) mass is 373 g/mol. The minimum absolute atomic E-state index is 0.118. The topological polar surface area (TPSA) is 52.5 Å². The van der Waals surface area contributed by atoms with Crippen LogP contribution in [0, 0.1) is 40.1 Å². The van der Waals surface area contributed by atoms with Gasteiger partial charge in [-0.1, -0.05) is 0 Å². The molecule has 0 fully saturated rings. The van der Waals surface area contributed by atoms with Gasteiger partial charge in [-0.15, -0.1) is 0 Å². The molecular formula is C16H12IN3. The van der Waals surface area contributed by atoms with Crippen molar-refractivity contribution in [1.82, 2.24) is 4.57 Å². The molecule has 0 radical (unpaired) electrons. The van der Waals surface area contributed by atoms with Crippen LogP contribution in [0.15, 0.2) is 35.9 Å². The maximum Gasteiger partial charge on any atom is 0.130 e. The molecule has 2 aromatic rings. The average Bonchev–Trinajstić information content (AvgIpc) is 2.72. The van der Waals surface area contributed by atoms with E-state index < -0.39 is 0 Å². The maximum absolute atomic E-state index is 8.85. The van der Waals surface area contributed by atoms with E-state index in [1.165, 1.54) is 3.57 Å². The molecule has 0 aliphatic heterocycles. The maximum atomic E-state index is 8.85. The van der Waals surface area contributed by atoms with Crippen LogP contribution in [0.3, 0.4) is 0 Å². The number of hydrogen-bond donors (Lipinski definition) is 0. The number of aryl methyl sites for hydroxylation is 1. The SMILES string of the molecule is Cc1cc(C=C(C#N)C#N)c(C)n1-c1ccc(I)cc1. The van der Waals surface area contributed by atoms with Crippen LogP contribution in [0.1, 0.15) is 17.0 Å². The van der Waals surface area contributed by atoms with Crippen molar-refractivity contribution < 1.29 is 0 Å². The van der Waals surface area contributed by atoms with Crippen molar-refractivity contribution in [3.05, 3.63) is 56.4 Å². The van der Waals surface area contributed by atoms with Gasteiger partial charge in [-0.3, -0.25) is 0 Å². The summed E-state index contributed by atoms with van der Waals surface area (Å²) in [5.41, 5.74) is 4.19. The Balaban J connectivity index is 2.56. The van der Waals surface area contributed by atoms with Crippen LogP contribution in [0.25, 0.3) is 11.8 Å². The van der Waals surface area contributed by atoms with E-state index >= 15 is 0 Å². The number of rotatable bonds is 2. The van der Waals surface area contributed by atoms with E-state index in [1.807, 2.05) is 32.1 Å². The Morgan fingerprint density at radius 1 is 1.15 bits per heavy atom. The molecule has 20 heavy (non-hydrogen) atoms. The fourth-order valence-corrected chi connectivity index (χ4v) is 2.53. The van der Waals surface area contributed by atoms with Gasteiger partial charge in [-0.05, 0) is 78.4 Å². The number of allylic oxidation sites excluding steroid dienone is 1. The highest BCUT2D eigenvalue weighted by atomic mass is 127. The molecule has 0 aliphatic carbocycles. The summed E-state index contributed by atoms with van der Waals surface area (Å²) < 4.78 is 3.30. The Labute approximate surface area is 131 Å². The second-order valence-corrected chi connectivity index (χ2v) is 5.67. The van der Waals surface area contributed by atoms with Crippen molar-refractivity contribution in [3.63, 3.8) is 0 Å². The zero-order chi connectivity index (χ0) is 14.7. The predicted octanol–water partition coefficient (Wildman–Crippen LogP) is 4.13. The van der Waals surface area contributed by atoms with Crippen molar-refractivity contribution in [3.8, 4) is 17.8 Å². The van der Waals surface area contributed by atoms with E-state index in [0.29, 0.717) is 0 Å². The summed E-state index contributed by atoms with van der Waals surface area (Å²) in [7, 11) is 0. The molecule has 0 saturated heterocycles. The summed E-state index contributed by atoms with van der Waals surface area (Å²) in [5, 5.41) is 17.7. The number of nitrogens with zero attached hydrogens (tertiary/aromatic N) is 3. The molecule has 0 amide bonds. The molecule has 1 aromatic carbocycles. The molecule has 0 saturated carbocycles. The quantitative estimate of drug-likeness (QED) is 0.587. The first kappa shape index (κ1) is 14.4. The van der Waals surface area contributed by atoms with E-state index in [9.17, 15) is 0 Å². The van der Waals surface area contributed by atoms with Crippen LogP contribution >= 0.6 is 22.6 Å². The molecule has 98 valence electrons. The summed E-state index contributed by atoms with van der Waals surface area (Å²) in [6.07, 6.45) is 1.63. The van der Waals surface area contributed by atoms with E-state index in [2.05, 4.69) is 51.4 Å². The minimum atomic E-state index is 0.118. The largest absolute Gasteiger partial charge is 0.318 e. The van der Waals surface area contributed by atoms with Crippen LogP contribution in [0.2, 0.25) is 0 Å². The van der Waals surface area contributed by atoms with Gasteiger partial charge in [0.2, 0.25) is 0 Å². The summed E-state index contributed by atoms with van der Waals surface area (Å²) in [6, 6.07) is 14.0. The van der Waals surface area contributed by atoms with Gasteiger partial charge in [0.15, 0.2) is 0 Å². The third-order valence-corrected chi connectivity index (χ3v) is 3.82. The van der Waals surface area contributed by atoms with Gasteiger partial charge in [0.25, 0.3) is 0 Å². The third-order valence-electron chi connectivity index (χ3n) is 3.10. The van der Waals surface area contributed by atoms with Crippen LogP contribution in [-0.2, 0) is 0 Å². The third kappa shape index (κ3) is 2.76. The molecule has 0 spiro atoms. The molecule has 0 aliphatic rings. The van der Waals surface area contributed by atoms with Crippen molar-refractivity contribution in [2.24, 2.45) is 0 Å². The first-order valence-corrected chi connectivity index (χ1v) is 7.11. The second kappa shape index (κ2) is 5.94. The zero-order valence-electron chi connectivity index (χ0n) is 11.2. The molecule has 2 rings (SSSR count). The Kier molecular flexibility index (Phi) is 4.26. The Bertz CT molecular complexity index is 737. The van der Waals surface area contributed by atoms with Gasteiger partial charge in [0, 0.05) is 20.6 Å². The van der Waals surface area contributed by atoms with Crippen molar-refractivity contribution in [2.75, 3.05) is 0 Å². The first-order valence-electron chi connectivity index (χ1n) is 6.03. The molecule has 3 nitrogen and oxygen atoms in total. The highest BCUT2D eigenvalue weighted by Crippen LogP contribution is 2.23. The van der Waals surface area contributed by atoms with E-state index in [1.54, 1.807) is 6.08 Å². The van der Waals surface area contributed by atoms with Gasteiger partial charge in [0.05, 0.1) is 0 Å². The Morgan fingerprint density at radius 3 is 2.30 bits per heavy atom. The molecule has 1 heterocycles. The zero-order valence-corrected chi connectivity index (χ0v) is 13.3. The smallest absolute Gasteiger partial charge is 0.130 e. The lowest BCUT2D eigenvalue weighted by atomic mass is 10.1. The van der Waals surface area contributed by atoms with E-state index in [-0.39, 0.29) is 5.57 Å². The van der Waals surface area contributed by atoms with Gasteiger partial charge in [-0.25, -0.2) is 0 Å². The number of benzene rings is 1. The van der Waals surface area contributed by atoms with Crippen LogP contribution in [-0.4, -0.2) is 4.57 Å². The molecule has 0 atom stereocenters. The molecule has 0 N–H and O–H groups in total. The standard InChI is InChI=1S/C16H12IN3/c1-11-7-14(8-13(9-18)10-19)12(2)20(11)16-5-3-15(17)4-6-16/h3-8H,1-2H3. The highest BCUT2D eigenvalue weighted by molar-refractivity contribution is 14.1. The summed E-state index contributed by atoms with van der Waals surface area (Å²) >= 11 is 2.27. The highest BCUT2D eigenvalue weighted by Gasteiger charge is 2.10. The Hall–Kier alpha value is -2.05. The molecular weight excluding hydrogens is 361 g/mol. The lowest BCUT2D eigenvalue weighted by molar-refractivity contribution is 0.964. The van der Waals surface area contributed by atoms with Gasteiger partial charge in [0.1, 0.15) is 17.7 Å². The lowest BCUT2D eigenvalue weighted by Gasteiger charge is -2.09. The average molecular weight is 373 g/mol. The van der Waals surface area contributed by atoms with Crippen molar-refractivity contribution in [1.29, 1.82) is 10.5 Å². The molecule has 4 heteroatoms. The summed E-state index contributed by atoms with van der Waals surface area (Å²) in [4.78, 5) is 0. The molecule has 1 aromatic heterocycles. The fraction of sp³-hybridized carbons (Fsp3) is 0.125. The molecule has 0 unspecified atom stereocenters. The van der Waals surface area contributed by atoms with Crippen LogP contribution in [0.5, 0.6) is 0 Å². The van der Waals surface area contributed by atoms with Crippen molar-refractivity contribution >= 4 is 28.7 Å². The normalized spacial score (nSPS) is 9.65. The lowest BCUT2D eigenvalue weighted by Crippen LogP contribution is -1.98. The summed E-state index contributed by atoms with van der Waals surface area (Å²) in [6.45, 7) is 4.00. The predicted molar refractivity (Wildman–Crippen MR) is 87.2 cm³/mol. The Morgan fingerprint density at radius 2 is 1.75 bits per heavy atom. The van der Waals surface area contributed by atoms with Gasteiger partial charge < -0.3 is 4.57 Å². The second-order valence-electron chi connectivity index (χ2n) is 4.42. The van der Waals surface area contributed by atoms with Crippen LogP contribution < -0.4 is 0 Å². The minimum Gasteiger partial charge on any atom is -0.318 e. The van der Waals surface area contributed by atoms with Gasteiger partial charge in [-0.2, -0.15) is 10.5 Å². The fourth-order valence-electron chi connectivity index (χ4n) is 2.17. The summed E-state index contributed by atoms with van der Waals surface area (Å²) in [5.74, 6) is 0. The van der Waals surface area contributed by atoms with Crippen LogP contribution in [0.4, 0.5) is 0 Å². The van der Waals surface area contributed by atoms with Crippen molar-refractivity contribution in [2.45, 2.75) is 13.8 Å². The number of hydrogen-bond acceptors (Lipinski definition) is 2. The first-order chi connectivity index (χ1) is 9.56. The number of halogens is 1. The molecule has 0 bridgehead atoms. The number of aromatic nitrogens is 1. The van der Waals surface area contributed by atoms with E-state index in [0.717, 1.165) is 22.6 Å². The van der Waals surface area contributed by atoms with Gasteiger partial charge >= 0.3 is 0 Å². The number of nitriles is 2.